The van der Waals surface area contributed by atoms with E-state index in [2.05, 4.69) is 10.3 Å². The van der Waals surface area contributed by atoms with Gasteiger partial charge in [-0.05, 0) is 42.5 Å². The van der Waals surface area contributed by atoms with Crippen LogP contribution in [0.5, 0.6) is 0 Å². The number of anilines is 1. The third kappa shape index (κ3) is 3.62. The Morgan fingerprint density at radius 2 is 1.76 bits per heavy atom. The van der Waals surface area contributed by atoms with E-state index in [1.807, 2.05) is 36.4 Å². The molecular weight excluding hydrogens is 444 g/mol. The second-order valence-corrected chi connectivity index (χ2v) is 8.30. The Balaban J connectivity index is 1.29. The first kappa shape index (κ1) is 20.5. The monoisotopic (exact) mass is 458 g/mol. The van der Waals surface area contributed by atoms with Gasteiger partial charge >= 0.3 is 0 Å². The SMILES string of the molecule is O=C(CN1C(=O)c2cccc([N+](=O)[O-])c2C1=O)Nc1ccc(-c2nc3ccccc3s2)cc1. The van der Waals surface area contributed by atoms with Gasteiger partial charge < -0.3 is 5.32 Å². The van der Waals surface area contributed by atoms with Crippen LogP contribution >= 0.6 is 11.3 Å². The van der Waals surface area contributed by atoms with Gasteiger partial charge in [-0.25, -0.2) is 4.98 Å². The lowest BCUT2D eigenvalue weighted by Crippen LogP contribution is -2.37. The van der Waals surface area contributed by atoms with Crippen LogP contribution in [0.2, 0.25) is 0 Å². The summed E-state index contributed by atoms with van der Waals surface area (Å²) in [5.74, 6) is -2.19. The number of imide groups is 1. The number of nitrogens with zero attached hydrogens (tertiary/aromatic N) is 3. The number of nitro benzene ring substituents is 1. The normalized spacial score (nSPS) is 12.8. The second kappa shape index (κ2) is 7.92. The van der Waals surface area contributed by atoms with Gasteiger partial charge in [0, 0.05) is 17.3 Å². The number of hydrogen-bond acceptors (Lipinski definition) is 7. The molecule has 9 nitrogen and oxygen atoms in total. The molecule has 33 heavy (non-hydrogen) atoms. The molecule has 1 aliphatic heterocycles. The Labute approximate surface area is 190 Å². The fraction of sp³-hybridized carbons (Fsp3) is 0.0435. The van der Waals surface area contributed by atoms with Crippen molar-refractivity contribution in [3.05, 3.63) is 88.0 Å². The molecule has 0 saturated heterocycles. The molecule has 5 rings (SSSR count). The van der Waals surface area contributed by atoms with Crippen molar-refractivity contribution in [2.45, 2.75) is 0 Å². The van der Waals surface area contributed by atoms with E-state index in [-0.39, 0.29) is 11.1 Å². The lowest BCUT2D eigenvalue weighted by atomic mass is 10.1. The highest BCUT2D eigenvalue weighted by Gasteiger charge is 2.41. The zero-order valence-electron chi connectivity index (χ0n) is 16.8. The van der Waals surface area contributed by atoms with Gasteiger partial charge in [-0.3, -0.25) is 29.4 Å². The number of nitrogens with one attached hydrogen (secondary N) is 1. The van der Waals surface area contributed by atoms with Crippen molar-refractivity contribution in [2.24, 2.45) is 0 Å². The number of para-hydroxylation sites is 1. The molecule has 2 heterocycles. The number of carbonyl (C=O) groups is 3. The van der Waals surface area contributed by atoms with E-state index in [1.54, 1.807) is 23.5 Å². The Kier molecular flexibility index (Phi) is 4.91. The number of carbonyl (C=O) groups excluding carboxylic acids is 3. The number of amides is 3. The van der Waals surface area contributed by atoms with Gasteiger partial charge in [-0.2, -0.15) is 0 Å². The van der Waals surface area contributed by atoms with E-state index in [1.165, 1.54) is 12.1 Å². The molecule has 0 spiro atoms. The number of fused-ring (bicyclic) bond motifs is 2. The molecular formula is C23H14N4O5S. The van der Waals surface area contributed by atoms with Crippen molar-refractivity contribution in [1.82, 2.24) is 9.88 Å². The zero-order valence-corrected chi connectivity index (χ0v) is 17.7. The second-order valence-electron chi connectivity index (χ2n) is 7.27. The predicted octanol–water partition coefficient (Wildman–Crippen LogP) is 4.11. The topological polar surface area (TPSA) is 123 Å². The summed E-state index contributed by atoms with van der Waals surface area (Å²) in [6, 6.07) is 18.7. The van der Waals surface area contributed by atoms with Gasteiger partial charge in [0.25, 0.3) is 17.5 Å². The Morgan fingerprint density at radius 3 is 2.48 bits per heavy atom. The summed E-state index contributed by atoms with van der Waals surface area (Å²) >= 11 is 1.56. The summed E-state index contributed by atoms with van der Waals surface area (Å²) in [6.45, 7) is -0.552. The van der Waals surface area contributed by atoms with Crippen molar-refractivity contribution in [2.75, 3.05) is 11.9 Å². The molecule has 0 radical (unpaired) electrons. The highest BCUT2D eigenvalue weighted by Crippen LogP contribution is 2.32. The van der Waals surface area contributed by atoms with E-state index in [0.717, 1.165) is 26.9 Å². The minimum Gasteiger partial charge on any atom is -0.325 e. The van der Waals surface area contributed by atoms with Crippen LogP contribution in [0.15, 0.2) is 66.7 Å². The molecule has 3 aromatic carbocycles. The van der Waals surface area contributed by atoms with Crippen LogP contribution in [0.3, 0.4) is 0 Å². The molecule has 1 aliphatic rings. The van der Waals surface area contributed by atoms with Gasteiger partial charge in [0.1, 0.15) is 17.1 Å². The number of aromatic nitrogens is 1. The Bertz CT molecular complexity index is 1430. The van der Waals surface area contributed by atoms with E-state index < -0.39 is 34.9 Å². The highest BCUT2D eigenvalue weighted by atomic mass is 32.1. The van der Waals surface area contributed by atoms with Crippen molar-refractivity contribution in [3.8, 4) is 10.6 Å². The molecule has 3 amide bonds. The molecule has 0 saturated carbocycles. The minimum atomic E-state index is -0.858. The number of benzene rings is 3. The zero-order chi connectivity index (χ0) is 23.1. The minimum absolute atomic E-state index is 0.0813. The molecule has 0 aliphatic carbocycles. The average molecular weight is 458 g/mol. The van der Waals surface area contributed by atoms with Gasteiger partial charge in [-0.15, -0.1) is 11.3 Å². The first-order valence-electron chi connectivity index (χ1n) is 9.82. The number of rotatable bonds is 5. The smallest absolute Gasteiger partial charge is 0.282 e. The van der Waals surface area contributed by atoms with Crippen molar-refractivity contribution in [1.29, 1.82) is 0 Å². The first-order valence-corrected chi connectivity index (χ1v) is 10.6. The molecule has 10 heteroatoms. The van der Waals surface area contributed by atoms with Crippen molar-refractivity contribution in [3.63, 3.8) is 0 Å². The van der Waals surface area contributed by atoms with Crippen LogP contribution in [-0.4, -0.2) is 39.1 Å². The maximum atomic E-state index is 12.6. The predicted molar refractivity (Wildman–Crippen MR) is 122 cm³/mol. The number of nitro groups is 1. The fourth-order valence-corrected chi connectivity index (χ4v) is 4.62. The Morgan fingerprint density at radius 1 is 1.00 bits per heavy atom. The van der Waals surface area contributed by atoms with Crippen molar-refractivity contribution >= 4 is 50.6 Å². The third-order valence-electron chi connectivity index (χ3n) is 5.18. The molecule has 1 aromatic heterocycles. The number of thiazole rings is 1. The average Bonchev–Trinajstić information content (AvgIpc) is 3.35. The van der Waals surface area contributed by atoms with E-state index in [0.29, 0.717) is 10.6 Å². The van der Waals surface area contributed by atoms with Crippen LogP contribution < -0.4 is 5.32 Å². The first-order chi connectivity index (χ1) is 15.9. The summed E-state index contributed by atoms with van der Waals surface area (Å²) in [4.78, 5) is 53.4. The summed E-state index contributed by atoms with van der Waals surface area (Å²) in [6.07, 6.45) is 0. The maximum Gasteiger partial charge on any atom is 0.282 e. The van der Waals surface area contributed by atoms with E-state index >= 15 is 0 Å². The van der Waals surface area contributed by atoms with Gasteiger partial charge in [0.15, 0.2) is 0 Å². The molecule has 0 bridgehead atoms. The summed E-state index contributed by atoms with van der Waals surface area (Å²) in [5.41, 5.74) is 1.45. The maximum absolute atomic E-state index is 12.6. The standard InChI is InChI=1S/C23H14N4O5S/c28-19(12-26-22(29)15-4-3-6-17(27(31)32)20(15)23(26)30)24-14-10-8-13(9-11-14)21-25-16-5-1-2-7-18(16)33-21/h1-11H,12H2,(H,24,28). The summed E-state index contributed by atoms with van der Waals surface area (Å²) < 4.78 is 1.08. The largest absolute Gasteiger partial charge is 0.325 e. The quantitative estimate of drug-likeness (QED) is 0.273. The summed E-state index contributed by atoms with van der Waals surface area (Å²) in [7, 11) is 0. The van der Waals surface area contributed by atoms with Crippen molar-refractivity contribution < 1.29 is 19.3 Å². The van der Waals surface area contributed by atoms with Crippen LogP contribution in [0, 0.1) is 10.1 Å². The molecule has 0 unspecified atom stereocenters. The third-order valence-corrected chi connectivity index (χ3v) is 6.27. The molecule has 0 atom stereocenters. The molecule has 162 valence electrons. The van der Waals surface area contributed by atoms with E-state index in [4.69, 9.17) is 0 Å². The van der Waals surface area contributed by atoms with Gasteiger partial charge in [0.05, 0.1) is 20.7 Å². The molecule has 4 aromatic rings. The lowest BCUT2D eigenvalue weighted by molar-refractivity contribution is -0.385. The van der Waals surface area contributed by atoms with E-state index in [9.17, 15) is 24.5 Å². The van der Waals surface area contributed by atoms with Crippen LogP contribution in [0.1, 0.15) is 20.7 Å². The molecule has 1 N–H and O–H groups in total. The highest BCUT2D eigenvalue weighted by molar-refractivity contribution is 7.21. The lowest BCUT2D eigenvalue weighted by Gasteiger charge is -2.13. The fourth-order valence-electron chi connectivity index (χ4n) is 3.65. The van der Waals surface area contributed by atoms with Crippen LogP contribution in [0.4, 0.5) is 11.4 Å². The van der Waals surface area contributed by atoms with Crippen LogP contribution in [-0.2, 0) is 4.79 Å². The Hall–Kier alpha value is -4.44. The van der Waals surface area contributed by atoms with Gasteiger partial charge in [0.2, 0.25) is 5.91 Å². The van der Waals surface area contributed by atoms with Crippen LogP contribution in [0.25, 0.3) is 20.8 Å². The van der Waals surface area contributed by atoms with Gasteiger partial charge in [-0.1, -0.05) is 18.2 Å². The summed E-state index contributed by atoms with van der Waals surface area (Å²) in [5, 5.41) is 14.7. The molecule has 0 fully saturated rings. The number of hydrogen-bond donors (Lipinski definition) is 1.